The molecule has 0 aliphatic heterocycles. The quantitative estimate of drug-likeness (QED) is 0.221. The minimum absolute atomic E-state index is 0.162. The molecule has 0 unspecified atom stereocenters. The lowest BCUT2D eigenvalue weighted by atomic mass is 9.34. The van der Waals surface area contributed by atoms with Crippen LogP contribution in [-0.4, -0.2) is 16.7 Å². The van der Waals surface area contributed by atoms with Gasteiger partial charge in [0.25, 0.3) is 0 Å². The number of aromatic nitrogens is 2. The maximum Gasteiger partial charge on any atom is 0.242 e. The van der Waals surface area contributed by atoms with E-state index in [0.29, 0.717) is 0 Å². The highest BCUT2D eigenvalue weighted by atomic mass is 32.1. The Labute approximate surface area is 239 Å². The van der Waals surface area contributed by atoms with E-state index in [0.717, 1.165) is 22.3 Å². The minimum atomic E-state index is 0.162. The Balaban J connectivity index is 1.44. The highest BCUT2D eigenvalue weighted by Gasteiger charge is 2.28. The van der Waals surface area contributed by atoms with Crippen molar-refractivity contribution in [2.75, 3.05) is 0 Å². The number of pyridine rings is 2. The number of thiophene rings is 1. The molecule has 0 spiro atoms. The summed E-state index contributed by atoms with van der Waals surface area (Å²) in [4.78, 5) is 9.91. The third-order valence-corrected chi connectivity index (χ3v) is 9.42. The lowest BCUT2D eigenvalue weighted by molar-refractivity contribution is 1.37. The molecule has 0 aliphatic rings. The summed E-state index contributed by atoms with van der Waals surface area (Å²) in [7, 11) is 0. The predicted octanol–water partition coefficient (Wildman–Crippen LogP) is 7.41. The van der Waals surface area contributed by atoms with E-state index in [4.69, 9.17) is 9.97 Å². The van der Waals surface area contributed by atoms with Gasteiger partial charge in [-0.1, -0.05) is 118 Å². The van der Waals surface area contributed by atoms with E-state index in [-0.39, 0.29) is 6.71 Å². The number of fused-ring (bicyclic) bond motifs is 5. The van der Waals surface area contributed by atoms with Crippen molar-refractivity contribution >= 4 is 65.6 Å². The molecule has 0 saturated heterocycles. The van der Waals surface area contributed by atoms with E-state index in [1.54, 1.807) is 0 Å². The van der Waals surface area contributed by atoms with Gasteiger partial charge in [0, 0.05) is 27.2 Å². The van der Waals surface area contributed by atoms with Gasteiger partial charge in [-0.05, 0) is 45.9 Å². The van der Waals surface area contributed by atoms with Crippen molar-refractivity contribution in [1.29, 1.82) is 0 Å². The van der Waals surface area contributed by atoms with Crippen molar-refractivity contribution in [2.24, 2.45) is 0 Å². The first kappa shape index (κ1) is 24.7. The Hall–Kier alpha value is -4.28. The van der Waals surface area contributed by atoms with Crippen LogP contribution >= 0.6 is 11.3 Å². The zero-order chi connectivity index (χ0) is 27.4. The first-order valence-corrected chi connectivity index (χ1v) is 14.6. The molecule has 0 N–H and O–H groups in total. The fourth-order valence-corrected chi connectivity index (χ4v) is 7.59. The van der Waals surface area contributed by atoms with E-state index in [1.165, 1.54) is 58.8 Å². The van der Waals surface area contributed by atoms with Gasteiger partial charge in [0.05, 0.1) is 21.4 Å². The fraction of sp³-hybridized carbons (Fsp3) is 0.111. The Morgan fingerprint density at radius 3 is 1.90 bits per heavy atom. The van der Waals surface area contributed by atoms with Crippen molar-refractivity contribution in [3.8, 4) is 11.3 Å². The van der Waals surface area contributed by atoms with Gasteiger partial charge < -0.3 is 0 Å². The van der Waals surface area contributed by atoms with Gasteiger partial charge in [-0.2, -0.15) is 0 Å². The molecule has 3 aromatic heterocycles. The second-order valence-corrected chi connectivity index (χ2v) is 11.9. The van der Waals surface area contributed by atoms with Gasteiger partial charge in [0.15, 0.2) is 0 Å². The Kier molecular flexibility index (Phi) is 6.02. The van der Waals surface area contributed by atoms with Gasteiger partial charge in [-0.3, -0.25) is 4.98 Å². The average Bonchev–Trinajstić information content (AvgIpc) is 3.36. The molecular formula is C36H29BN2S. The van der Waals surface area contributed by atoms with Gasteiger partial charge in [0.2, 0.25) is 6.71 Å². The van der Waals surface area contributed by atoms with Crippen LogP contribution in [0.1, 0.15) is 22.3 Å². The first-order valence-electron chi connectivity index (χ1n) is 13.8. The van der Waals surface area contributed by atoms with Crippen LogP contribution in [0.15, 0.2) is 103 Å². The van der Waals surface area contributed by atoms with Crippen molar-refractivity contribution in [3.63, 3.8) is 0 Å². The summed E-state index contributed by atoms with van der Waals surface area (Å²) in [5.41, 5.74) is 13.5. The number of rotatable bonds is 4. The maximum absolute atomic E-state index is 5.16. The highest BCUT2D eigenvalue weighted by molar-refractivity contribution is 7.26. The van der Waals surface area contributed by atoms with E-state index in [2.05, 4.69) is 119 Å². The van der Waals surface area contributed by atoms with Crippen LogP contribution in [0.2, 0.25) is 0 Å². The molecular weight excluding hydrogens is 503 g/mol. The molecule has 40 heavy (non-hydrogen) atoms. The summed E-state index contributed by atoms with van der Waals surface area (Å²) in [6, 6.07) is 35.1. The molecule has 4 heteroatoms. The van der Waals surface area contributed by atoms with Crippen LogP contribution in [0.25, 0.3) is 42.5 Å². The topological polar surface area (TPSA) is 25.8 Å². The van der Waals surface area contributed by atoms with Crippen LogP contribution in [0.4, 0.5) is 0 Å². The Bertz CT molecular complexity index is 1960. The molecule has 0 radical (unpaired) electrons. The summed E-state index contributed by atoms with van der Waals surface area (Å²) in [5, 5.41) is 2.45. The van der Waals surface area contributed by atoms with Gasteiger partial charge in [0.1, 0.15) is 0 Å². The first-order chi connectivity index (χ1) is 19.5. The van der Waals surface area contributed by atoms with E-state index >= 15 is 0 Å². The molecule has 0 saturated carbocycles. The molecule has 2 nitrogen and oxygen atoms in total. The summed E-state index contributed by atoms with van der Waals surface area (Å²) in [6.07, 6.45) is 1.87. The largest absolute Gasteiger partial charge is 0.254 e. The summed E-state index contributed by atoms with van der Waals surface area (Å²) < 4.78 is 2.46. The van der Waals surface area contributed by atoms with Crippen LogP contribution in [-0.2, 0) is 0 Å². The third kappa shape index (κ3) is 3.94. The van der Waals surface area contributed by atoms with Gasteiger partial charge >= 0.3 is 0 Å². The summed E-state index contributed by atoms with van der Waals surface area (Å²) in [6.45, 7) is 9.12. The van der Waals surface area contributed by atoms with E-state index in [1.807, 2.05) is 23.6 Å². The minimum Gasteiger partial charge on any atom is -0.254 e. The summed E-state index contributed by atoms with van der Waals surface area (Å²) >= 11 is 1.81. The van der Waals surface area contributed by atoms with Gasteiger partial charge in [-0.15, -0.1) is 11.3 Å². The SMILES string of the molecule is Cc1cccc(C)c1B(c1ccc(-c2nc3cccnc3c3c2sc2ccccc23)cc1)c1c(C)cccc1C. The average molecular weight is 533 g/mol. The molecule has 7 rings (SSSR count). The normalized spacial score (nSPS) is 11.5. The fourth-order valence-electron chi connectivity index (χ4n) is 6.37. The molecule has 0 aliphatic carbocycles. The molecule has 0 amide bonds. The number of aryl methyl sites for hydroxylation is 4. The lowest BCUT2D eigenvalue weighted by Crippen LogP contribution is -2.55. The molecule has 7 aromatic rings. The predicted molar refractivity (Wildman–Crippen MR) is 174 cm³/mol. The molecule has 0 atom stereocenters. The second-order valence-electron chi connectivity index (χ2n) is 10.8. The number of nitrogens with zero attached hydrogens (tertiary/aromatic N) is 2. The lowest BCUT2D eigenvalue weighted by Gasteiger charge is -2.23. The Morgan fingerprint density at radius 1 is 0.625 bits per heavy atom. The second kappa shape index (κ2) is 9.73. The van der Waals surface area contributed by atoms with Crippen LogP contribution in [0, 0.1) is 27.7 Å². The summed E-state index contributed by atoms with van der Waals surface area (Å²) in [5.74, 6) is 0. The molecule has 0 bridgehead atoms. The van der Waals surface area contributed by atoms with Crippen molar-refractivity contribution < 1.29 is 0 Å². The number of hydrogen-bond acceptors (Lipinski definition) is 3. The van der Waals surface area contributed by atoms with Crippen molar-refractivity contribution in [2.45, 2.75) is 27.7 Å². The van der Waals surface area contributed by atoms with Crippen LogP contribution in [0.3, 0.4) is 0 Å². The maximum atomic E-state index is 5.16. The van der Waals surface area contributed by atoms with E-state index < -0.39 is 0 Å². The molecule has 3 heterocycles. The molecule has 192 valence electrons. The smallest absolute Gasteiger partial charge is 0.242 e. The Morgan fingerprint density at radius 2 is 1.25 bits per heavy atom. The third-order valence-electron chi connectivity index (χ3n) is 8.25. The molecule has 4 aromatic carbocycles. The number of hydrogen-bond donors (Lipinski definition) is 0. The number of benzene rings is 4. The van der Waals surface area contributed by atoms with Crippen molar-refractivity contribution in [1.82, 2.24) is 9.97 Å². The van der Waals surface area contributed by atoms with Crippen molar-refractivity contribution in [3.05, 3.63) is 126 Å². The van der Waals surface area contributed by atoms with E-state index in [9.17, 15) is 0 Å². The van der Waals surface area contributed by atoms with Crippen LogP contribution < -0.4 is 16.4 Å². The van der Waals surface area contributed by atoms with Crippen LogP contribution in [0.5, 0.6) is 0 Å². The monoisotopic (exact) mass is 532 g/mol. The molecule has 0 fully saturated rings. The van der Waals surface area contributed by atoms with Gasteiger partial charge in [-0.25, -0.2) is 4.98 Å². The standard InChI is InChI=1S/C36H29BN2S/c1-22-10-7-11-23(2)32(22)37(33-24(3)12-8-13-25(33)4)27-19-17-26(18-20-27)34-36-31(28-14-5-6-16-30(28)40-36)35-29(39-34)15-9-21-38-35/h5-21H,1-4H3. The highest BCUT2D eigenvalue weighted by Crippen LogP contribution is 2.41. The zero-order valence-corrected chi connectivity index (χ0v) is 24.0. The zero-order valence-electron chi connectivity index (χ0n) is 23.2.